The molecule has 0 saturated heterocycles. The summed E-state index contributed by atoms with van der Waals surface area (Å²) >= 11 is 0. The Morgan fingerprint density at radius 3 is 2.55 bits per heavy atom. The summed E-state index contributed by atoms with van der Waals surface area (Å²) in [6.45, 7) is 8.17. The molecule has 0 aromatic heterocycles. The summed E-state index contributed by atoms with van der Waals surface area (Å²) in [4.78, 5) is 17.7. The number of carbonyl (C=O) groups is 1. The fraction of sp³-hybridized carbons (Fsp3) is 0.500. The van der Waals surface area contributed by atoms with E-state index in [1.54, 1.807) is 6.92 Å². The minimum absolute atomic E-state index is 0.160. The molecule has 29 heavy (non-hydrogen) atoms. The summed E-state index contributed by atoms with van der Waals surface area (Å²) in [5.74, 6) is -2.04. The molecule has 0 unspecified atom stereocenters. The van der Waals surface area contributed by atoms with Crippen molar-refractivity contribution in [3.8, 4) is 0 Å². The quantitative estimate of drug-likeness (QED) is 0.391. The standard InChI is InChI=1S/C22H29NO5Si/c1-5-27-21(26)22(16-13-9-10-14-17(16)28-29(2,3)4)18(23-20(25)19(22)24)15-11-7-6-8-12-15/h6-8,11-12,16H,5,9-10,13-14H2,1-4H3,(H-,24,25)/p+1/t16-,22-/m1/s1. The highest BCUT2D eigenvalue weighted by Gasteiger charge is 2.67. The van der Waals surface area contributed by atoms with E-state index in [0.29, 0.717) is 24.1 Å². The monoisotopic (exact) mass is 416 g/mol. The van der Waals surface area contributed by atoms with Crippen LogP contribution in [0.1, 0.15) is 38.2 Å². The molecular weight excluding hydrogens is 386 g/mol. The number of nitrogens with zero attached hydrogens (tertiary/aromatic N) is 1. The Kier molecular flexibility index (Phi) is 6.10. The molecule has 0 bridgehead atoms. The van der Waals surface area contributed by atoms with Crippen molar-refractivity contribution in [2.24, 2.45) is 16.3 Å². The van der Waals surface area contributed by atoms with Crippen LogP contribution in [0.2, 0.25) is 19.6 Å². The smallest absolute Gasteiger partial charge is 0.331 e. The van der Waals surface area contributed by atoms with E-state index in [1.807, 2.05) is 30.3 Å². The van der Waals surface area contributed by atoms with Crippen molar-refractivity contribution in [1.82, 2.24) is 0 Å². The zero-order valence-electron chi connectivity index (χ0n) is 17.6. The Labute approximate surface area is 173 Å². The largest absolute Gasteiger partial charge is 0.506 e. The molecule has 0 spiro atoms. The Bertz CT molecular complexity index is 814. The molecular formula is C22H30NO5Si+. The normalized spacial score (nSPS) is 25.2. The minimum Gasteiger partial charge on any atom is -0.506 e. The lowest BCUT2D eigenvalue weighted by Gasteiger charge is -2.36. The van der Waals surface area contributed by atoms with Gasteiger partial charge in [-0.1, -0.05) is 30.3 Å². The van der Waals surface area contributed by atoms with Crippen molar-refractivity contribution < 1.29 is 24.2 Å². The molecule has 3 rings (SSSR count). The van der Waals surface area contributed by atoms with Crippen LogP contribution in [-0.4, -0.2) is 36.8 Å². The second-order valence-corrected chi connectivity index (χ2v) is 12.9. The Morgan fingerprint density at radius 2 is 1.93 bits per heavy atom. The second-order valence-electron chi connectivity index (χ2n) is 8.51. The fourth-order valence-corrected chi connectivity index (χ4v) is 5.32. The molecule has 1 fully saturated rings. The van der Waals surface area contributed by atoms with E-state index in [1.165, 1.54) is 0 Å². The van der Waals surface area contributed by atoms with Crippen molar-refractivity contribution in [3.63, 3.8) is 0 Å². The van der Waals surface area contributed by atoms with Gasteiger partial charge in [-0.05, 0) is 51.4 Å². The number of hydrogen-bond acceptors (Lipinski definition) is 6. The van der Waals surface area contributed by atoms with Crippen LogP contribution in [0.25, 0.3) is 0 Å². The second kappa shape index (κ2) is 8.24. The number of aliphatic imine (C=N–C) groups is 1. The highest BCUT2D eigenvalue weighted by Crippen LogP contribution is 2.53. The third kappa shape index (κ3) is 3.93. The Morgan fingerprint density at radius 1 is 1.24 bits per heavy atom. The van der Waals surface area contributed by atoms with E-state index in [0.717, 1.165) is 18.9 Å². The molecule has 2 aliphatic rings. The molecule has 1 aliphatic carbocycles. The molecule has 0 radical (unpaired) electrons. The molecule has 1 heterocycles. The highest BCUT2D eigenvalue weighted by atomic mass is 28.4. The first-order valence-electron chi connectivity index (χ1n) is 10.2. The summed E-state index contributed by atoms with van der Waals surface area (Å²) < 4.78 is 11.9. The van der Waals surface area contributed by atoms with Gasteiger partial charge in [-0.3, -0.25) is 4.79 Å². The summed E-state index contributed by atoms with van der Waals surface area (Å²) in [6.07, 6.45) is 4.01. The van der Waals surface area contributed by atoms with E-state index >= 15 is 0 Å². The van der Waals surface area contributed by atoms with Gasteiger partial charge in [0.1, 0.15) is 6.42 Å². The molecule has 6 nitrogen and oxygen atoms in total. The van der Waals surface area contributed by atoms with Crippen LogP contribution in [0.3, 0.4) is 0 Å². The number of ether oxygens (including phenoxy) is 1. The molecule has 2 atom stereocenters. The van der Waals surface area contributed by atoms with Crippen molar-refractivity contribution >= 4 is 20.0 Å². The van der Waals surface area contributed by atoms with Gasteiger partial charge in [-0.15, -0.1) is 0 Å². The van der Waals surface area contributed by atoms with Gasteiger partial charge in [-0.25, -0.2) is 9.42 Å². The highest BCUT2D eigenvalue weighted by molar-refractivity contribution is 6.69. The number of aliphatic hydroxyl groups excluding tert-OH is 2. The molecule has 156 valence electrons. The van der Waals surface area contributed by atoms with E-state index in [-0.39, 0.29) is 6.61 Å². The number of rotatable bonds is 6. The zero-order valence-corrected chi connectivity index (χ0v) is 18.6. The topological polar surface area (TPSA) is 88.4 Å². The molecule has 0 amide bonds. The zero-order chi connectivity index (χ0) is 21.2. The Hall–Kier alpha value is -2.25. The summed E-state index contributed by atoms with van der Waals surface area (Å²) in [6, 6.07) is 9.18. The summed E-state index contributed by atoms with van der Waals surface area (Å²) in [5.41, 5.74) is -0.624. The average molecular weight is 417 g/mol. The SMILES string of the molecule is CCOC(=O)[C@]1([C@@H]2CCCC[C+]2O[Si](C)(C)C)C(c2ccccc2)=NC(O)=C1O. The third-order valence-electron chi connectivity index (χ3n) is 5.34. The maximum absolute atomic E-state index is 13.5. The van der Waals surface area contributed by atoms with Crippen LogP contribution < -0.4 is 0 Å². The first kappa shape index (κ1) is 21.5. The molecule has 1 aliphatic heterocycles. The number of esters is 1. The van der Waals surface area contributed by atoms with Crippen LogP contribution in [0, 0.1) is 17.4 Å². The molecule has 7 heteroatoms. The number of aliphatic hydroxyl groups is 2. The lowest BCUT2D eigenvalue weighted by Crippen LogP contribution is -2.51. The average Bonchev–Trinajstić information content (AvgIpc) is 2.94. The van der Waals surface area contributed by atoms with Crippen LogP contribution in [0.4, 0.5) is 0 Å². The van der Waals surface area contributed by atoms with Crippen molar-refractivity contribution in [2.45, 2.75) is 52.2 Å². The van der Waals surface area contributed by atoms with E-state index in [4.69, 9.17) is 9.16 Å². The third-order valence-corrected chi connectivity index (χ3v) is 6.21. The van der Waals surface area contributed by atoms with Gasteiger partial charge >= 0.3 is 5.97 Å². The molecule has 1 aromatic rings. The van der Waals surface area contributed by atoms with Gasteiger partial charge in [0.05, 0.1) is 12.3 Å². The van der Waals surface area contributed by atoms with E-state index in [9.17, 15) is 15.0 Å². The van der Waals surface area contributed by atoms with Gasteiger partial charge in [0, 0.05) is 0 Å². The molecule has 1 aromatic carbocycles. The van der Waals surface area contributed by atoms with Gasteiger partial charge in [0.2, 0.25) is 11.5 Å². The first-order valence-corrected chi connectivity index (χ1v) is 13.6. The summed E-state index contributed by atoms with van der Waals surface area (Å²) in [5, 5.41) is 21.5. The van der Waals surface area contributed by atoms with E-state index < -0.39 is 37.3 Å². The van der Waals surface area contributed by atoms with E-state index in [2.05, 4.69) is 24.6 Å². The fourth-order valence-electron chi connectivity index (χ4n) is 4.29. The predicted molar refractivity (Wildman–Crippen MR) is 114 cm³/mol. The number of hydrogen-bond donors (Lipinski definition) is 2. The van der Waals surface area contributed by atoms with Crippen LogP contribution in [0.15, 0.2) is 47.0 Å². The van der Waals surface area contributed by atoms with Crippen molar-refractivity contribution in [3.05, 3.63) is 53.6 Å². The summed E-state index contributed by atoms with van der Waals surface area (Å²) in [7, 11) is -1.95. The van der Waals surface area contributed by atoms with Crippen LogP contribution in [-0.2, 0) is 14.0 Å². The molecule has 1 saturated carbocycles. The predicted octanol–water partition coefficient (Wildman–Crippen LogP) is 4.90. The lowest BCUT2D eigenvalue weighted by molar-refractivity contribution is -0.154. The molecule has 2 N–H and O–H groups in total. The van der Waals surface area contributed by atoms with Crippen LogP contribution >= 0.6 is 0 Å². The minimum atomic E-state index is -1.95. The number of benzene rings is 1. The van der Waals surface area contributed by atoms with Gasteiger partial charge in [0.15, 0.2) is 11.7 Å². The van der Waals surface area contributed by atoms with Gasteiger partial charge in [-0.2, -0.15) is 0 Å². The maximum Gasteiger partial charge on any atom is 0.331 e. The van der Waals surface area contributed by atoms with Crippen molar-refractivity contribution in [1.29, 1.82) is 0 Å². The number of carbonyl (C=O) groups excluding carboxylic acids is 1. The maximum atomic E-state index is 13.5. The van der Waals surface area contributed by atoms with Crippen LogP contribution in [0.5, 0.6) is 0 Å². The Balaban J connectivity index is 2.18. The van der Waals surface area contributed by atoms with Gasteiger partial charge < -0.3 is 14.9 Å². The van der Waals surface area contributed by atoms with Gasteiger partial charge in [0.25, 0.3) is 14.2 Å². The van der Waals surface area contributed by atoms with Crippen molar-refractivity contribution in [2.75, 3.05) is 6.61 Å². The first-order chi connectivity index (χ1) is 13.7. The lowest BCUT2D eigenvalue weighted by atomic mass is 9.63.